The van der Waals surface area contributed by atoms with Crippen LogP contribution in [0.5, 0.6) is 11.5 Å². The van der Waals surface area contributed by atoms with Gasteiger partial charge in [-0.15, -0.1) is 0 Å². The molecule has 98 heavy (non-hydrogen) atoms. The normalized spacial score (nSPS) is 14.0. The van der Waals surface area contributed by atoms with Crippen LogP contribution in [-0.2, 0) is 13.9 Å². The topological polar surface area (TPSA) is 304 Å². The molecular formula is C67H81Cl3N20O6P2. The number of carbonyl (C=O) groups excluding carboxylic acids is 1. The number of ether oxygens (including phenoxy) is 3. The Morgan fingerprint density at radius 1 is 0.622 bits per heavy atom. The minimum Gasteiger partial charge on any atom is -0.495 e. The van der Waals surface area contributed by atoms with Crippen LogP contribution in [-0.4, -0.2) is 189 Å². The van der Waals surface area contributed by atoms with Gasteiger partial charge in [-0.1, -0.05) is 23.2 Å². The molecule has 10 aromatic rings. The van der Waals surface area contributed by atoms with Crippen molar-refractivity contribution in [1.29, 1.82) is 0 Å². The molecule has 2 fully saturated rings. The molecular weight excluding hydrogens is 1350 g/mol. The number of halogens is 3. The third kappa shape index (κ3) is 17.2. The molecule has 0 aliphatic carbocycles. The average molecular weight is 1430 g/mol. The summed E-state index contributed by atoms with van der Waals surface area (Å²) in [5.74, 6) is 2.28. The van der Waals surface area contributed by atoms with Crippen molar-refractivity contribution in [2.75, 3.05) is 127 Å². The predicted octanol–water partition coefficient (Wildman–Crippen LogP) is 12.9. The molecule has 0 amide bonds. The number of aromatic amines is 1. The quantitative estimate of drug-likeness (QED) is 0.0341. The molecule has 4 aromatic carbocycles. The number of hydrogen-bond acceptors (Lipinski definition) is 24. The number of rotatable bonds is 16. The van der Waals surface area contributed by atoms with E-state index in [2.05, 4.69) is 120 Å². The molecule has 12 rings (SSSR count). The van der Waals surface area contributed by atoms with Gasteiger partial charge in [0, 0.05) is 121 Å². The fourth-order valence-corrected chi connectivity index (χ4v) is 15.0. The summed E-state index contributed by atoms with van der Waals surface area (Å²) in [5, 5.41) is 22.9. The maximum atomic E-state index is 13.4. The molecule has 0 atom stereocenters. The highest BCUT2D eigenvalue weighted by Gasteiger charge is 2.29. The van der Waals surface area contributed by atoms with E-state index in [1.807, 2.05) is 63.5 Å². The van der Waals surface area contributed by atoms with Gasteiger partial charge in [-0.3, -0.25) is 25.0 Å². The first kappa shape index (κ1) is 72.0. The summed E-state index contributed by atoms with van der Waals surface area (Å²) in [7, 11) is 6.37. The second kappa shape index (κ2) is 30.6. The van der Waals surface area contributed by atoms with Gasteiger partial charge in [0.15, 0.2) is 11.6 Å². The first-order chi connectivity index (χ1) is 46.6. The number of anilines is 9. The Labute approximate surface area is 584 Å². The van der Waals surface area contributed by atoms with Crippen LogP contribution in [0.4, 0.5) is 56.5 Å². The lowest BCUT2D eigenvalue weighted by Crippen LogP contribution is -2.42. The van der Waals surface area contributed by atoms with E-state index in [1.165, 1.54) is 17.1 Å². The highest BCUT2D eigenvalue weighted by molar-refractivity contribution is 7.71. The molecule has 0 spiro atoms. The number of nitrogens with two attached hydrogens (primary N) is 1. The lowest BCUT2D eigenvalue weighted by molar-refractivity contribution is 0.0514. The number of methoxy groups -OCH3 is 2. The first-order valence-electron chi connectivity index (χ1n) is 31.5. The summed E-state index contributed by atoms with van der Waals surface area (Å²) < 4.78 is 44.2. The van der Waals surface area contributed by atoms with Crippen LogP contribution in [0.1, 0.15) is 46.5 Å². The number of nitrogens with one attached hydrogen (secondary N) is 4. The Morgan fingerprint density at radius 3 is 1.61 bits per heavy atom. The molecule has 26 nitrogen and oxygen atoms in total. The summed E-state index contributed by atoms with van der Waals surface area (Å²) in [6, 6.07) is 16.3. The monoisotopic (exact) mass is 1430 g/mol. The van der Waals surface area contributed by atoms with E-state index in [9.17, 15) is 13.9 Å². The Morgan fingerprint density at radius 2 is 1.12 bits per heavy atom. The highest BCUT2D eigenvalue weighted by atomic mass is 35.5. The fraction of sp³-hybridized carbons (Fsp3) is 0.358. The molecule has 516 valence electrons. The summed E-state index contributed by atoms with van der Waals surface area (Å²) in [6.07, 6.45) is 20.1. The largest absolute Gasteiger partial charge is 0.495 e. The van der Waals surface area contributed by atoms with Gasteiger partial charge in [0.25, 0.3) is 0 Å². The zero-order chi connectivity index (χ0) is 70.4. The van der Waals surface area contributed by atoms with Crippen LogP contribution in [0.25, 0.3) is 44.3 Å². The molecule has 2 aliphatic heterocycles. The third-order valence-electron chi connectivity index (χ3n) is 16.5. The van der Waals surface area contributed by atoms with E-state index >= 15 is 0 Å². The van der Waals surface area contributed by atoms with Gasteiger partial charge >= 0.3 is 6.09 Å². The van der Waals surface area contributed by atoms with Crippen molar-refractivity contribution in [2.24, 2.45) is 0 Å². The Hall–Kier alpha value is -8.74. The van der Waals surface area contributed by atoms with Crippen LogP contribution >= 0.6 is 49.1 Å². The van der Waals surface area contributed by atoms with E-state index in [0.29, 0.717) is 107 Å². The molecule has 8 heterocycles. The van der Waals surface area contributed by atoms with Crippen molar-refractivity contribution in [3.63, 3.8) is 0 Å². The fourth-order valence-electron chi connectivity index (χ4n) is 11.8. The molecule has 2 aliphatic rings. The van der Waals surface area contributed by atoms with Gasteiger partial charge in [-0.05, 0) is 149 Å². The number of H-pyrrole nitrogens is 1. The number of carbonyl (C=O) groups is 1. The van der Waals surface area contributed by atoms with Crippen molar-refractivity contribution in [2.45, 2.75) is 64.1 Å². The predicted molar refractivity (Wildman–Crippen MR) is 395 cm³/mol. The van der Waals surface area contributed by atoms with Gasteiger partial charge in [0.05, 0.1) is 83.4 Å². The van der Waals surface area contributed by atoms with Crippen LogP contribution in [0.3, 0.4) is 0 Å². The first-order valence-corrected chi connectivity index (χ1v) is 37.8. The van der Waals surface area contributed by atoms with E-state index in [4.69, 9.17) is 59.7 Å². The molecule has 0 bridgehead atoms. The van der Waals surface area contributed by atoms with Crippen LogP contribution in [0.2, 0.25) is 15.3 Å². The maximum absolute atomic E-state index is 13.4. The van der Waals surface area contributed by atoms with E-state index < -0.39 is 26.0 Å². The number of piperidine rings is 2. The van der Waals surface area contributed by atoms with E-state index in [0.717, 1.165) is 85.5 Å². The van der Waals surface area contributed by atoms with Gasteiger partial charge in [0.1, 0.15) is 52.5 Å². The average Bonchev–Trinajstić information content (AvgIpc) is 0.917. The molecule has 0 unspecified atom stereocenters. The summed E-state index contributed by atoms with van der Waals surface area (Å²) in [5.41, 5.74) is 16.3. The van der Waals surface area contributed by atoms with Crippen LogP contribution in [0.15, 0.2) is 110 Å². The van der Waals surface area contributed by atoms with Gasteiger partial charge < -0.3 is 64.6 Å². The molecule has 2 saturated heterocycles. The van der Waals surface area contributed by atoms with Crippen LogP contribution < -0.4 is 51.6 Å². The standard InChI is InChI=1S/C31H36ClN10O2P.C22H33N5O3.C14H12Cl2N5OP/c1-41(2)20-8-12-42(13-9-20)26-15-27(44-3)25(14-21(26)19-16-36-37-17-19)39-31-35-18-22(32)30(40-31)38-24-7-6-23-28(34-11-10-33-23)29(24)45(4,5)43;1-22(2,3)30-21(28)27-14-15(13-24-27)17-11-18(23)20(29-6)12-19(17)26-9-7-16(8-10-26)25(4)5;1-23(2,22)12-10(4-3-9-11(12)18-6-5-17-9)20-13-8(15)7-19-14(16)21-13/h6-7,10-11,14-18,20H,8-9,12-13H2,1-5H3,(H,36,37)(H2,35,38,39,40);11-14,16H,7-10,23H2,1-6H3;3-7H,1-2H3,(H,19,20,21). The summed E-state index contributed by atoms with van der Waals surface area (Å²) in [6.45, 7) is 16.0. The molecule has 31 heteroatoms. The molecule has 0 saturated carbocycles. The Balaban J connectivity index is 0.000000170. The van der Waals surface area contributed by atoms with Gasteiger partial charge in [-0.25, -0.2) is 14.8 Å². The number of aromatic nitrogens is 12. The maximum Gasteiger partial charge on any atom is 0.435 e. The number of fused-ring (bicyclic) bond motifs is 2. The van der Waals surface area contributed by atoms with Gasteiger partial charge in [0.2, 0.25) is 11.2 Å². The zero-order valence-electron chi connectivity index (χ0n) is 57.0. The molecule has 0 radical (unpaired) electrons. The molecule has 6 N–H and O–H groups in total. The highest BCUT2D eigenvalue weighted by Crippen LogP contribution is 2.45. The zero-order valence-corrected chi connectivity index (χ0v) is 61.0. The van der Waals surface area contributed by atoms with Crippen molar-refractivity contribution >= 4 is 140 Å². The summed E-state index contributed by atoms with van der Waals surface area (Å²) in [4.78, 5) is 56.1. The van der Waals surface area contributed by atoms with Crippen molar-refractivity contribution in [3.05, 3.63) is 126 Å². The SMILES string of the molecule is COc1cc(N2CCC(N(C)C)CC2)c(-c2cn[nH]c2)cc1Nc1ncc(Cl)c(Nc2ccc3nccnc3c2P(C)(C)=O)n1.COc1cc(N2CCC(N(C)C)CC2)c(-c2cnn(C(=O)OC(C)(C)C)c2)cc1N.CP(C)(=O)c1c(Nc2nc(Cl)ncc2Cl)ccc2nccnc12. The second-order valence-corrected chi connectivity index (χ2v) is 33.2. The Bertz CT molecular complexity index is 4590. The van der Waals surface area contributed by atoms with Crippen molar-refractivity contribution < 1.29 is 28.1 Å². The van der Waals surface area contributed by atoms with E-state index in [1.54, 1.807) is 90.2 Å². The van der Waals surface area contributed by atoms with Crippen molar-refractivity contribution in [1.82, 2.24) is 69.6 Å². The second-order valence-electron chi connectivity index (χ2n) is 25.8. The minimum absolute atomic E-state index is 0.0650. The third-order valence-corrected chi connectivity index (χ3v) is 20.3. The molecule has 6 aromatic heterocycles. The minimum atomic E-state index is -2.78. The summed E-state index contributed by atoms with van der Waals surface area (Å²) >= 11 is 18.5. The lowest BCUT2D eigenvalue weighted by atomic mass is 9.99. The van der Waals surface area contributed by atoms with Crippen LogP contribution in [0, 0.1) is 0 Å². The number of hydrogen-bond donors (Lipinski definition) is 5. The van der Waals surface area contributed by atoms with E-state index in [-0.39, 0.29) is 5.28 Å². The van der Waals surface area contributed by atoms with Crippen molar-refractivity contribution in [3.8, 4) is 33.8 Å². The van der Waals surface area contributed by atoms with Gasteiger partial charge in [-0.2, -0.15) is 24.8 Å². The smallest absolute Gasteiger partial charge is 0.435 e. The number of nitrogens with zero attached hydrogens (tertiary/aromatic N) is 15. The Kier molecular flexibility index (Phi) is 22.5. The lowest BCUT2D eigenvalue weighted by Gasteiger charge is -2.37. The number of benzene rings is 4. The number of nitrogen functional groups attached to an aromatic ring is 1.